The maximum atomic E-state index is 13.7. The van der Waals surface area contributed by atoms with Crippen LogP contribution in [0.4, 0.5) is 0 Å². The van der Waals surface area contributed by atoms with E-state index >= 15 is 0 Å². The molecule has 0 aromatic heterocycles. The fraction of sp³-hybridized carbons (Fsp3) is 0.456. The van der Waals surface area contributed by atoms with E-state index in [-0.39, 0.29) is 5.91 Å². The first-order valence-corrected chi connectivity index (χ1v) is 24.4. The predicted octanol–water partition coefficient (Wildman–Crippen LogP) is 13.4. The zero-order valence-corrected chi connectivity index (χ0v) is 39.7. The van der Waals surface area contributed by atoms with E-state index in [9.17, 15) is 4.79 Å². The number of nitrogens with one attached hydrogen (secondary N) is 1. The number of nitrogens with zero attached hydrogens (tertiary/aromatic N) is 3. The maximum Gasteiger partial charge on any atom is 0.254 e. The number of carbonyl (C=O) groups excluding carboxylic acids is 1. The highest BCUT2D eigenvalue weighted by Gasteiger charge is 2.18. The van der Waals surface area contributed by atoms with E-state index in [1.54, 1.807) is 0 Å². The van der Waals surface area contributed by atoms with Gasteiger partial charge < -0.3 is 24.8 Å². The molecule has 1 amide bonds. The molecule has 340 valence electrons. The molecular weight excluding hydrogens is 773 g/mol. The Labute approximate surface area is 383 Å². The third-order valence-corrected chi connectivity index (χ3v) is 11.6. The van der Waals surface area contributed by atoms with Gasteiger partial charge in [0, 0.05) is 44.8 Å². The molecule has 0 saturated heterocycles. The van der Waals surface area contributed by atoms with Gasteiger partial charge >= 0.3 is 0 Å². The van der Waals surface area contributed by atoms with Crippen LogP contribution in [0.15, 0.2) is 133 Å². The van der Waals surface area contributed by atoms with Crippen LogP contribution in [-0.4, -0.2) is 79.6 Å². The van der Waals surface area contributed by atoms with Crippen molar-refractivity contribution in [1.82, 2.24) is 20.0 Å². The molecule has 5 rings (SSSR count). The third kappa shape index (κ3) is 19.7. The molecule has 6 nitrogen and oxygen atoms in total. The van der Waals surface area contributed by atoms with Crippen molar-refractivity contribution in [2.75, 3.05) is 59.0 Å². The molecule has 1 N–H and O–H groups in total. The molecule has 0 heterocycles. The first-order chi connectivity index (χ1) is 31.0. The van der Waals surface area contributed by atoms with E-state index in [1.165, 1.54) is 92.3 Å². The Morgan fingerprint density at radius 3 is 1.38 bits per heavy atom. The van der Waals surface area contributed by atoms with E-state index < -0.39 is 0 Å². The Kier molecular flexibility index (Phi) is 25.2. The number of ether oxygens (including phenoxy) is 1. The second kappa shape index (κ2) is 31.2. The standard InChI is InChI=1S/C34H46N2O2.C23H34N2/c1-4-7-23-35(24-8-5-2)25-26-36(34(37)32-19-21-33(22-20-32)38-27-9-6-3)28-29-15-17-31(18-16-29)30-13-11-10-12-14-30;1-3-5-17-25(18-6-4-2)19-16-24-20-21-12-14-23(15-13-21)22-10-8-7-9-11-22/h10-22H,4-9,23-28H2,1-3H3;7-15,24H,3-6,16-20H2,1-2H3. The Balaban J connectivity index is 0.000000302. The van der Waals surface area contributed by atoms with E-state index in [4.69, 9.17) is 4.74 Å². The summed E-state index contributed by atoms with van der Waals surface area (Å²) in [6, 6.07) is 46.2. The largest absolute Gasteiger partial charge is 0.494 e. The highest BCUT2D eigenvalue weighted by atomic mass is 16.5. The zero-order chi connectivity index (χ0) is 44.7. The summed E-state index contributed by atoms with van der Waals surface area (Å²) < 4.78 is 5.81. The van der Waals surface area contributed by atoms with Crippen molar-refractivity contribution in [3.05, 3.63) is 150 Å². The lowest BCUT2D eigenvalue weighted by molar-refractivity contribution is 0.0720. The van der Waals surface area contributed by atoms with Crippen LogP contribution in [0.2, 0.25) is 0 Å². The second-order valence-electron chi connectivity index (χ2n) is 16.9. The molecule has 0 fully saturated rings. The van der Waals surface area contributed by atoms with Gasteiger partial charge in [0.15, 0.2) is 0 Å². The maximum absolute atomic E-state index is 13.7. The lowest BCUT2D eigenvalue weighted by Crippen LogP contribution is -2.39. The lowest BCUT2D eigenvalue weighted by Gasteiger charge is -2.28. The van der Waals surface area contributed by atoms with Crippen molar-refractivity contribution in [3.8, 4) is 28.0 Å². The summed E-state index contributed by atoms with van der Waals surface area (Å²) in [5, 5.41) is 3.60. The summed E-state index contributed by atoms with van der Waals surface area (Å²) in [7, 11) is 0. The van der Waals surface area contributed by atoms with Crippen molar-refractivity contribution in [3.63, 3.8) is 0 Å². The van der Waals surface area contributed by atoms with Gasteiger partial charge in [-0.05, 0) is 116 Å². The molecule has 0 atom stereocenters. The average molecular weight is 853 g/mol. The predicted molar refractivity (Wildman–Crippen MR) is 270 cm³/mol. The Bertz CT molecular complexity index is 1870. The summed E-state index contributed by atoms with van der Waals surface area (Å²) >= 11 is 0. The van der Waals surface area contributed by atoms with Crippen LogP contribution in [0.5, 0.6) is 5.75 Å². The first-order valence-electron chi connectivity index (χ1n) is 24.4. The fourth-order valence-electron chi connectivity index (χ4n) is 7.49. The molecule has 63 heavy (non-hydrogen) atoms. The van der Waals surface area contributed by atoms with Gasteiger partial charge in [-0.3, -0.25) is 4.79 Å². The molecule has 0 spiro atoms. The minimum Gasteiger partial charge on any atom is -0.494 e. The second-order valence-corrected chi connectivity index (χ2v) is 16.9. The van der Waals surface area contributed by atoms with Crippen LogP contribution in [0, 0.1) is 0 Å². The molecular formula is C57H80N4O2. The van der Waals surface area contributed by atoms with Crippen LogP contribution < -0.4 is 10.1 Å². The number of unbranched alkanes of at least 4 members (excludes halogenated alkanes) is 5. The zero-order valence-electron chi connectivity index (χ0n) is 39.7. The van der Waals surface area contributed by atoms with Gasteiger partial charge in [0.25, 0.3) is 5.91 Å². The highest BCUT2D eigenvalue weighted by molar-refractivity contribution is 5.94. The van der Waals surface area contributed by atoms with Crippen LogP contribution in [0.1, 0.15) is 120 Å². The van der Waals surface area contributed by atoms with Gasteiger partial charge in [-0.15, -0.1) is 0 Å². The summed E-state index contributed by atoms with van der Waals surface area (Å²) in [5.41, 5.74) is 8.17. The molecule has 0 aliphatic rings. The van der Waals surface area contributed by atoms with E-state index in [0.29, 0.717) is 25.3 Å². The Morgan fingerprint density at radius 1 is 0.460 bits per heavy atom. The summed E-state index contributed by atoms with van der Waals surface area (Å²) in [4.78, 5) is 20.9. The number of benzene rings is 5. The summed E-state index contributed by atoms with van der Waals surface area (Å²) in [6.07, 6.45) is 12.1. The van der Waals surface area contributed by atoms with Crippen LogP contribution in [0.3, 0.4) is 0 Å². The third-order valence-electron chi connectivity index (χ3n) is 11.6. The molecule has 0 radical (unpaired) electrons. The molecule has 0 bridgehead atoms. The van der Waals surface area contributed by atoms with Crippen molar-refractivity contribution >= 4 is 5.91 Å². The normalized spacial score (nSPS) is 11.1. The van der Waals surface area contributed by atoms with Crippen molar-refractivity contribution in [2.45, 2.75) is 112 Å². The number of hydrogen-bond acceptors (Lipinski definition) is 5. The summed E-state index contributed by atoms with van der Waals surface area (Å²) in [5.74, 6) is 0.895. The van der Waals surface area contributed by atoms with Gasteiger partial charge in [0.2, 0.25) is 0 Å². The summed E-state index contributed by atoms with van der Waals surface area (Å²) in [6.45, 7) is 21.9. The fourth-order valence-corrected chi connectivity index (χ4v) is 7.49. The number of rotatable bonds is 29. The van der Waals surface area contributed by atoms with Gasteiger partial charge in [0.05, 0.1) is 6.61 Å². The molecule has 0 aliphatic heterocycles. The SMILES string of the molecule is CCCCN(CCCC)CCNCc1ccc(-c2ccccc2)cc1.CCCCOc1ccc(C(=O)N(CCN(CCCC)CCCC)Cc2ccc(-c3ccccc3)cc2)cc1. The molecule has 6 heteroatoms. The van der Waals surface area contributed by atoms with E-state index in [0.717, 1.165) is 63.4 Å². The minimum atomic E-state index is 0.0724. The average Bonchev–Trinajstić information content (AvgIpc) is 3.34. The lowest BCUT2D eigenvalue weighted by atomic mass is 10.0. The van der Waals surface area contributed by atoms with E-state index in [2.05, 4.69) is 153 Å². The smallest absolute Gasteiger partial charge is 0.254 e. The van der Waals surface area contributed by atoms with Crippen molar-refractivity contribution in [2.24, 2.45) is 0 Å². The minimum absolute atomic E-state index is 0.0724. The van der Waals surface area contributed by atoms with Crippen LogP contribution >= 0.6 is 0 Å². The van der Waals surface area contributed by atoms with Crippen molar-refractivity contribution < 1.29 is 9.53 Å². The van der Waals surface area contributed by atoms with Gasteiger partial charge in [0.1, 0.15) is 5.75 Å². The quantitative estimate of drug-likeness (QED) is 0.0486. The Morgan fingerprint density at radius 2 is 0.905 bits per heavy atom. The topological polar surface area (TPSA) is 48.1 Å². The Hall–Kier alpha value is -4.75. The number of amides is 1. The van der Waals surface area contributed by atoms with Gasteiger partial charge in [-0.25, -0.2) is 0 Å². The van der Waals surface area contributed by atoms with Crippen LogP contribution in [-0.2, 0) is 13.1 Å². The van der Waals surface area contributed by atoms with E-state index in [1.807, 2.05) is 35.2 Å². The van der Waals surface area contributed by atoms with Gasteiger partial charge in [-0.2, -0.15) is 0 Å². The molecule has 0 unspecified atom stereocenters. The first kappa shape index (κ1) is 50.9. The molecule has 0 aliphatic carbocycles. The van der Waals surface area contributed by atoms with Gasteiger partial charge in [-0.1, -0.05) is 176 Å². The number of carbonyl (C=O) groups is 1. The molecule has 0 saturated carbocycles. The monoisotopic (exact) mass is 853 g/mol. The highest BCUT2D eigenvalue weighted by Crippen LogP contribution is 2.22. The van der Waals surface area contributed by atoms with Crippen LogP contribution in [0.25, 0.3) is 22.3 Å². The van der Waals surface area contributed by atoms with Crippen molar-refractivity contribution in [1.29, 1.82) is 0 Å². The molecule has 5 aromatic carbocycles. The molecule has 5 aromatic rings. The number of hydrogen-bond donors (Lipinski definition) is 1.